The van der Waals surface area contributed by atoms with Crippen molar-refractivity contribution < 1.29 is 4.74 Å². The third-order valence-corrected chi connectivity index (χ3v) is 4.71. The van der Waals surface area contributed by atoms with E-state index < -0.39 is 0 Å². The fourth-order valence-electron chi connectivity index (χ4n) is 3.13. The fraction of sp³-hybridized carbons (Fsp3) is 0.320. The highest BCUT2D eigenvalue weighted by Crippen LogP contribution is 2.19. The van der Waals surface area contributed by atoms with Gasteiger partial charge in [-0.15, -0.1) is 0 Å². The largest absolute Gasteiger partial charge is 0.494 e. The predicted molar refractivity (Wildman–Crippen MR) is 113 cm³/mol. The molecule has 3 rings (SSSR count). The molecule has 27 heavy (non-hydrogen) atoms. The van der Waals surface area contributed by atoms with Crippen LogP contribution in [0.3, 0.4) is 0 Å². The minimum absolute atomic E-state index is 0.776. The number of ether oxygens (including phenoxy) is 1. The molecule has 0 aliphatic rings. The molecule has 0 aliphatic heterocycles. The van der Waals surface area contributed by atoms with Gasteiger partial charge in [0.15, 0.2) is 0 Å². The van der Waals surface area contributed by atoms with Crippen LogP contribution in [0.5, 0.6) is 5.75 Å². The molecule has 3 aromatic rings. The first-order chi connectivity index (χ1) is 13.3. The van der Waals surface area contributed by atoms with Gasteiger partial charge in [-0.25, -0.2) is 0 Å². The first kappa shape index (κ1) is 19.2. The van der Waals surface area contributed by atoms with Gasteiger partial charge in [-0.3, -0.25) is 4.98 Å². The van der Waals surface area contributed by atoms with Crippen molar-refractivity contribution in [3.63, 3.8) is 0 Å². The second kappa shape index (κ2) is 9.91. The van der Waals surface area contributed by atoms with E-state index in [4.69, 9.17) is 4.74 Å². The van der Waals surface area contributed by atoms with Crippen LogP contribution in [-0.4, -0.2) is 11.6 Å². The van der Waals surface area contributed by atoms with Crippen molar-refractivity contribution in [2.75, 3.05) is 6.61 Å². The minimum atomic E-state index is 0.776. The van der Waals surface area contributed by atoms with Crippen LogP contribution in [0.15, 0.2) is 66.9 Å². The Kier molecular flexibility index (Phi) is 7.04. The molecule has 1 heterocycles. The Bertz CT molecular complexity index is 804. The molecule has 2 nitrogen and oxygen atoms in total. The molecule has 2 heteroatoms. The van der Waals surface area contributed by atoms with Crippen molar-refractivity contribution >= 4 is 0 Å². The molecule has 0 aliphatic carbocycles. The number of benzene rings is 2. The van der Waals surface area contributed by atoms with Gasteiger partial charge in [0.1, 0.15) is 5.75 Å². The van der Waals surface area contributed by atoms with E-state index >= 15 is 0 Å². The van der Waals surface area contributed by atoms with E-state index in [-0.39, 0.29) is 0 Å². The SMILES string of the molecule is CCCOc1ccc(CCc2ccc(-c3ccc(CCC)cc3)nc2)cc1. The van der Waals surface area contributed by atoms with E-state index in [9.17, 15) is 0 Å². The van der Waals surface area contributed by atoms with Crippen LogP contribution in [0.25, 0.3) is 11.3 Å². The molecule has 0 amide bonds. The Labute approximate surface area is 163 Å². The summed E-state index contributed by atoms with van der Waals surface area (Å²) in [6.07, 6.45) is 7.37. The molecule has 0 spiro atoms. The molecule has 1 aromatic heterocycles. The molecule has 2 aromatic carbocycles. The summed E-state index contributed by atoms with van der Waals surface area (Å²) in [6.45, 7) is 5.11. The summed E-state index contributed by atoms with van der Waals surface area (Å²) in [6, 6.07) is 21.5. The van der Waals surface area contributed by atoms with Crippen molar-refractivity contribution in [1.29, 1.82) is 0 Å². The number of aryl methyl sites for hydroxylation is 3. The second-order valence-electron chi connectivity index (χ2n) is 6.99. The molecule has 0 unspecified atom stereocenters. The zero-order valence-electron chi connectivity index (χ0n) is 16.4. The van der Waals surface area contributed by atoms with Crippen LogP contribution < -0.4 is 4.74 Å². The van der Waals surface area contributed by atoms with Crippen molar-refractivity contribution in [3.05, 3.63) is 83.6 Å². The second-order valence-corrected chi connectivity index (χ2v) is 6.99. The maximum absolute atomic E-state index is 5.64. The monoisotopic (exact) mass is 359 g/mol. The van der Waals surface area contributed by atoms with Crippen LogP contribution in [0.4, 0.5) is 0 Å². The quantitative estimate of drug-likeness (QED) is 0.449. The van der Waals surface area contributed by atoms with Crippen LogP contribution in [0.2, 0.25) is 0 Å². The summed E-state index contributed by atoms with van der Waals surface area (Å²) in [5.41, 5.74) is 6.22. The molecule has 0 bridgehead atoms. The smallest absolute Gasteiger partial charge is 0.119 e. The lowest BCUT2D eigenvalue weighted by molar-refractivity contribution is 0.317. The lowest BCUT2D eigenvalue weighted by atomic mass is 10.0. The minimum Gasteiger partial charge on any atom is -0.494 e. The molecule has 0 fully saturated rings. The third-order valence-electron chi connectivity index (χ3n) is 4.71. The number of hydrogen-bond acceptors (Lipinski definition) is 2. The summed E-state index contributed by atoms with van der Waals surface area (Å²) in [5.74, 6) is 0.955. The van der Waals surface area contributed by atoms with Gasteiger partial charge in [0, 0.05) is 11.8 Å². The molecular formula is C25H29NO. The van der Waals surface area contributed by atoms with Crippen LogP contribution in [-0.2, 0) is 19.3 Å². The van der Waals surface area contributed by atoms with Crippen LogP contribution >= 0.6 is 0 Å². The van der Waals surface area contributed by atoms with E-state index in [1.807, 2.05) is 6.20 Å². The molecule has 0 atom stereocenters. The maximum atomic E-state index is 5.64. The van der Waals surface area contributed by atoms with Crippen molar-refractivity contribution in [1.82, 2.24) is 4.98 Å². The van der Waals surface area contributed by atoms with Gasteiger partial charge < -0.3 is 4.74 Å². The zero-order chi connectivity index (χ0) is 18.9. The van der Waals surface area contributed by atoms with Gasteiger partial charge in [0.2, 0.25) is 0 Å². The summed E-state index contributed by atoms with van der Waals surface area (Å²) in [5, 5.41) is 0. The Morgan fingerprint density at radius 1 is 0.667 bits per heavy atom. The normalized spacial score (nSPS) is 10.7. The number of hydrogen-bond donors (Lipinski definition) is 0. The molecular weight excluding hydrogens is 330 g/mol. The highest BCUT2D eigenvalue weighted by Gasteiger charge is 2.02. The zero-order valence-corrected chi connectivity index (χ0v) is 16.4. The van der Waals surface area contributed by atoms with Gasteiger partial charge in [-0.1, -0.05) is 62.7 Å². The van der Waals surface area contributed by atoms with Crippen molar-refractivity contribution in [2.24, 2.45) is 0 Å². The van der Waals surface area contributed by atoms with Crippen LogP contribution in [0, 0.1) is 0 Å². The summed E-state index contributed by atoms with van der Waals surface area (Å²) < 4.78 is 5.64. The van der Waals surface area contributed by atoms with Gasteiger partial charge >= 0.3 is 0 Å². The number of aromatic nitrogens is 1. The highest BCUT2D eigenvalue weighted by atomic mass is 16.5. The topological polar surface area (TPSA) is 22.1 Å². The van der Waals surface area contributed by atoms with Gasteiger partial charge in [0.25, 0.3) is 0 Å². The molecule has 0 N–H and O–H groups in total. The van der Waals surface area contributed by atoms with E-state index in [2.05, 4.69) is 79.5 Å². The Balaban J connectivity index is 1.55. The predicted octanol–water partition coefficient (Wildman–Crippen LogP) is 6.28. The first-order valence-electron chi connectivity index (χ1n) is 10.0. The standard InChI is InChI=1S/C25H29NO/c1-3-5-20-8-13-23(14-9-20)25-17-12-22(19-26-25)7-6-21-10-15-24(16-11-21)27-18-4-2/h8-17,19H,3-7,18H2,1-2H3. The van der Waals surface area contributed by atoms with Gasteiger partial charge in [0.05, 0.1) is 12.3 Å². The number of nitrogens with zero attached hydrogens (tertiary/aromatic N) is 1. The van der Waals surface area contributed by atoms with Crippen molar-refractivity contribution in [2.45, 2.75) is 46.0 Å². The Morgan fingerprint density at radius 2 is 1.30 bits per heavy atom. The number of pyridine rings is 1. The Morgan fingerprint density at radius 3 is 1.93 bits per heavy atom. The summed E-state index contributed by atoms with van der Waals surface area (Å²) in [7, 11) is 0. The summed E-state index contributed by atoms with van der Waals surface area (Å²) in [4.78, 5) is 4.66. The lowest BCUT2D eigenvalue weighted by Crippen LogP contribution is -1.96. The highest BCUT2D eigenvalue weighted by molar-refractivity contribution is 5.59. The maximum Gasteiger partial charge on any atom is 0.119 e. The summed E-state index contributed by atoms with van der Waals surface area (Å²) >= 11 is 0. The van der Waals surface area contributed by atoms with E-state index in [1.54, 1.807) is 0 Å². The third kappa shape index (κ3) is 5.68. The molecule has 0 radical (unpaired) electrons. The lowest BCUT2D eigenvalue weighted by Gasteiger charge is -2.07. The van der Waals surface area contributed by atoms with E-state index in [0.717, 1.165) is 43.7 Å². The molecule has 0 saturated carbocycles. The van der Waals surface area contributed by atoms with Gasteiger partial charge in [-0.05, 0) is 60.6 Å². The fourth-order valence-corrected chi connectivity index (χ4v) is 3.13. The van der Waals surface area contributed by atoms with E-state index in [0.29, 0.717) is 0 Å². The number of rotatable bonds is 9. The van der Waals surface area contributed by atoms with Crippen molar-refractivity contribution in [3.8, 4) is 17.0 Å². The van der Waals surface area contributed by atoms with E-state index in [1.165, 1.54) is 28.7 Å². The first-order valence-corrected chi connectivity index (χ1v) is 10.0. The molecule has 0 saturated heterocycles. The average Bonchev–Trinajstić information content (AvgIpc) is 2.73. The Hall–Kier alpha value is -2.61. The average molecular weight is 360 g/mol. The van der Waals surface area contributed by atoms with Crippen LogP contribution in [0.1, 0.15) is 43.4 Å². The molecule has 140 valence electrons. The van der Waals surface area contributed by atoms with Gasteiger partial charge in [-0.2, -0.15) is 0 Å².